The first kappa shape index (κ1) is 15.2. The van der Waals surface area contributed by atoms with Gasteiger partial charge in [-0.25, -0.2) is 9.97 Å². The average molecular weight is 309 g/mol. The van der Waals surface area contributed by atoms with Crippen LogP contribution >= 0.6 is 11.6 Å². The molecule has 0 saturated heterocycles. The molecular weight excluding hydrogens is 292 g/mol. The number of anilines is 1. The second-order valence-corrected chi connectivity index (χ2v) is 4.96. The van der Waals surface area contributed by atoms with Crippen molar-refractivity contribution in [2.24, 2.45) is 0 Å². The van der Waals surface area contributed by atoms with E-state index in [4.69, 9.17) is 11.6 Å². The number of carbonyl (C=O) groups is 1. The van der Waals surface area contributed by atoms with Gasteiger partial charge in [-0.1, -0.05) is 11.6 Å². The summed E-state index contributed by atoms with van der Waals surface area (Å²) < 4.78 is 0. The fourth-order valence-electron chi connectivity index (χ4n) is 1.80. The molecule has 0 atom stereocenters. The van der Waals surface area contributed by atoms with Crippen molar-refractivity contribution < 1.29 is 4.79 Å². The van der Waals surface area contributed by atoms with Gasteiger partial charge < -0.3 is 10.2 Å². The van der Waals surface area contributed by atoms with Gasteiger partial charge in [0.25, 0.3) is 5.91 Å². The zero-order chi connectivity index (χ0) is 15.4. The van der Waals surface area contributed by atoms with Crippen LogP contribution in [0, 0.1) is 6.92 Å². The number of hydrogen-bond acceptors (Lipinski definition) is 5. The van der Waals surface area contributed by atoms with Gasteiger partial charge in [-0.3, -0.25) is 9.89 Å². The Morgan fingerprint density at radius 2 is 2.19 bits per heavy atom. The summed E-state index contributed by atoms with van der Waals surface area (Å²) in [6, 6.07) is 3.39. The molecule has 21 heavy (non-hydrogen) atoms. The summed E-state index contributed by atoms with van der Waals surface area (Å²) in [5.74, 6) is 1.59. The number of nitrogens with zero attached hydrogens (tertiary/aromatic N) is 4. The molecule has 0 aliphatic carbocycles. The molecule has 2 heterocycles. The van der Waals surface area contributed by atoms with E-state index in [-0.39, 0.29) is 18.1 Å². The number of aromatic nitrogens is 4. The van der Waals surface area contributed by atoms with Gasteiger partial charge in [0.05, 0.1) is 11.6 Å². The Hall–Kier alpha value is -2.15. The third kappa shape index (κ3) is 3.69. The molecule has 2 aromatic heterocycles. The van der Waals surface area contributed by atoms with E-state index in [1.165, 1.54) is 4.90 Å². The normalized spacial score (nSPS) is 10.5. The highest BCUT2D eigenvalue weighted by Gasteiger charge is 2.19. The van der Waals surface area contributed by atoms with Crippen molar-refractivity contribution in [2.45, 2.75) is 20.4 Å². The van der Waals surface area contributed by atoms with E-state index in [0.717, 1.165) is 0 Å². The molecule has 0 unspecified atom stereocenters. The summed E-state index contributed by atoms with van der Waals surface area (Å²) in [6.07, 6.45) is 0. The fraction of sp³-hybridized carbons (Fsp3) is 0.385. The predicted molar refractivity (Wildman–Crippen MR) is 80.3 cm³/mol. The van der Waals surface area contributed by atoms with Gasteiger partial charge in [-0.2, -0.15) is 5.10 Å². The van der Waals surface area contributed by atoms with Crippen molar-refractivity contribution in [3.8, 4) is 0 Å². The second kappa shape index (κ2) is 6.53. The Morgan fingerprint density at radius 3 is 2.81 bits per heavy atom. The molecule has 1 amide bonds. The molecule has 0 aromatic carbocycles. The van der Waals surface area contributed by atoms with Crippen LogP contribution in [0.2, 0.25) is 5.02 Å². The van der Waals surface area contributed by atoms with Gasteiger partial charge in [-0.15, -0.1) is 0 Å². The zero-order valence-corrected chi connectivity index (χ0v) is 12.9. The van der Waals surface area contributed by atoms with E-state index in [2.05, 4.69) is 25.5 Å². The van der Waals surface area contributed by atoms with Crippen molar-refractivity contribution in [1.29, 1.82) is 0 Å². The number of pyridine rings is 1. The first-order chi connectivity index (χ1) is 10.0. The molecule has 0 aliphatic rings. The maximum absolute atomic E-state index is 12.4. The van der Waals surface area contributed by atoms with Gasteiger partial charge >= 0.3 is 0 Å². The molecule has 2 aromatic rings. The Labute approximate surface area is 127 Å². The molecule has 2 N–H and O–H groups in total. The number of H-pyrrole nitrogens is 1. The fourth-order valence-corrected chi connectivity index (χ4v) is 1.98. The van der Waals surface area contributed by atoms with Crippen molar-refractivity contribution in [2.75, 3.05) is 18.9 Å². The molecule has 0 fully saturated rings. The molecule has 0 spiro atoms. The van der Waals surface area contributed by atoms with Crippen molar-refractivity contribution >= 4 is 23.3 Å². The van der Waals surface area contributed by atoms with Gasteiger partial charge in [0.2, 0.25) is 0 Å². The first-order valence-electron chi connectivity index (χ1n) is 6.55. The third-order valence-corrected chi connectivity index (χ3v) is 3.08. The molecule has 112 valence electrons. The Balaban J connectivity index is 2.16. The third-order valence-electron chi connectivity index (χ3n) is 2.78. The maximum Gasteiger partial charge on any atom is 0.274 e. The van der Waals surface area contributed by atoms with Gasteiger partial charge in [0.15, 0.2) is 5.82 Å². The summed E-state index contributed by atoms with van der Waals surface area (Å²) in [5.41, 5.74) is 0.213. The first-order valence-corrected chi connectivity index (χ1v) is 6.92. The Bertz CT molecular complexity index is 641. The summed E-state index contributed by atoms with van der Waals surface area (Å²) >= 11 is 6.07. The Kier molecular flexibility index (Phi) is 4.74. The minimum atomic E-state index is -0.276. The standard InChI is InChI=1S/C13H17ClN6O/c1-4-15-10-6-5-9(14)12(17-10)13(21)20(3)7-11-16-8(2)18-19-11/h5-6H,4,7H2,1-3H3,(H,15,17)(H,16,18,19). The predicted octanol–water partition coefficient (Wildman–Crippen LogP) is 1.87. The number of carbonyl (C=O) groups excluding carboxylic acids is 1. The minimum Gasteiger partial charge on any atom is -0.370 e. The van der Waals surface area contributed by atoms with E-state index in [1.54, 1.807) is 26.1 Å². The monoisotopic (exact) mass is 308 g/mol. The van der Waals surface area contributed by atoms with Crippen LogP contribution in [0.25, 0.3) is 0 Å². The smallest absolute Gasteiger partial charge is 0.274 e. The maximum atomic E-state index is 12.4. The highest BCUT2D eigenvalue weighted by molar-refractivity contribution is 6.33. The molecule has 0 aliphatic heterocycles. The van der Waals surface area contributed by atoms with Crippen LogP contribution in [-0.2, 0) is 6.54 Å². The number of amides is 1. The minimum absolute atomic E-state index is 0.213. The summed E-state index contributed by atoms with van der Waals surface area (Å²) in [4.78, 5) is 22.3. The quantitative estimate of drug-likeness (QED) is 0.880. The summed E-state index contributed by atoms with van der Waals surface area (Å²) in [7, 11) is 1.66. The van der Waals surface area contributed by atoms with Crippen LogP contribution in [0.5, 0.6) is 0 Å². The van der Waals surface area contributed by atoms with E-state index >= 15 is 0 Å². The molecule has 0 bridgehead atoms. The number of hydrogen-bond donors (Lipinski definition) is 2. The van der Waals surface area contributed by atoms with Gasteiger partial charge in [-0.05, 0) is 26.0 Å². The molecule has 8 heteroatoms. The summed E-state index contributed by atoms with van der Waals surface area (Å²) in [5, 5.41) is 10.1. The van der Waals surface area contributed by atoms with Crippen LogP contribution < -0.4 is 5.32 Å². The lowest BCUT2D eigenvalue weighted by atomic mass is 10.3. The number of rotatable bonds is 5. The highest BCUT2D eigenvalue weighted by atomic mass is 35.5. The SMILES string of the molecule is CCNc1ccc(Cl)c(C(=O)N(C)Cc2n[nH]c(C)n2)n1. The second-order valence-electron chi connectivity index (χ2n) is 4.56. The number of aryl methyl sites for hydroxylation is 1. The molecular formula is C13H17ClN6O. The van der Waals surface area contributed by atoms with Crippen LogP contribution in [0.15, 0.2) is 12.1 Å². The lowest BCUT2D eigenvalue weighted by Gasteiger charge is -2.16. The van der Waals surface area contributed by atoms with E-state index in [9.17, 15) is 4.79 Å². The van der Waals surface area contributed by atoms with Crippen LogP contribution in [-0.4, -0.2) is 44.6 Å². The zero-order valence-electron chi connectivity index (χ0n) is 12.1. The van der Waals surface area contributed by atoms with Gasteiger partial charge in [0, 0.05) is 13.6 Å². The van der Waals surface area contributed by atoms with Crippen molar-refractivity contribution in [3.05, 3.63) is 34.5 Å². The van der Waals surface area contributed by atoms with E-state index in [1.807, 2.05) is 6.92 Å². The highest BCUT2D eigenvalue weighted by Crippen LogP contribution is 2.18. The van der Waals surface area contributed by atoms with Crippen molar-refractivity contribution in [3.63, 3.8) is 0 Å². The topological polar surface area (TPSA) is 86.8 Å². The number of nitrogens with one attached hydrogen (secondary N) is 2. The molecule has 0 radical (unpaired) electrons. The van der Waals surface area contributed by atoms with Crippen molar-refractivity contribution in [1.82, 2.24) is 25.1 Å². The van der Waals surface area contributed by atoms with E-state index in [0.29, 0.717) is 29.0 Å². The number of halogens is 1. The molecule has 0 saturated carbocycles. The molecule has 7 nitrogen and oxygen atoms in total. The Morgan fingerprint density at radius 1 is 1.43 bits per heavy atom. The molecule has 2 rings (SSSR count). The lowest BCUT2D eigenvalue weighted by Crippen LogP contribution is -2.28. The largest absolute Gasteiger partial charge is 0.370 e. The number of aromatic amines is 1. The van der Waals surface area contributed by atoms with E-state index < -0.39 is 0 Å². The average Bonchev–Trinajstić information content (AvgIpc) is 2.85. The summed E-state index contributed by atoms with van der Waals surface area (Å²) in [6.45, 7) is 4.76. The van der Waals surface area contributed by atoms with Crippen LogP contribution in [0.3, 0.4) is 0 Å². The van der Waals surface area contributed by atoms with Crippen LogP contribution in [0.1, 0.15) is 29.1 Å². The van der Waals surface area contributed by atoms with Gasteiger partial charge in [0.1, 0.15) is 17.3 Å². The lowest BCUT2D eigenvalue weighted by molar-refractivity contribution is 0.0776. The van der Waals surface area contributed by atoms with Crippen LogP contribution in [0.4, 0.5) is 5.82 Å².